The normalized spacial score (nSPS) is 40.8. The van der Waals surface area contributed by atoms with Crippen LogP contribution in [0.3, 0.4) is 0 Å². The average molecular weight is 142 g/mol. The number of rotatable bonds is 0. The maximum atomic E-state index is 5.41. The van der Waals surface area contributed by atoms with Gasteiger partial charge in [0, 0.05) is 18.6 Å². The number of ether oxygens (including phenoxy) is 1. The summed E-state index contributed by atoms with van der Waals surface area (Å²) < 4.78 is 5.41. The van der Waals surface area contributed by atoms with E-state index < -0.39 is 0 Å². The van der Waals surface area contributed by atoms with Crippen molar-refractivity contribution in [3.05, 3.63) is 0 Å². The summed E-state index contributed by atoms with van der Waals surface area (Å²) in [4.78, 5) is 0. The largest absolute Gasteiger partial charge is 0.378 e. The Morgan fingerprint density at radius 1 is 1.20 bits per heavy atom. The lowest BCUT2D eigenvalue weighted by Gasteiger charge is -2.27. The fourth-order valence-corrected chi connectivity index (χ4v) is 1.62. The first-order chi connectivity index (χ1) is 4.95. The predicted molar refractivity (Wildman–Crippen MR) is 39.0 cm³/mol. The highest BCUT2D eigenvalue weighted by Gasteiger charge is 2.23. The molecule has 0 radical (unpaired) electrons. The van der Waals surface area contributed by atoms with Crippen LogP contribution in [0.4, 0.5) is 0 Å². The maximum Gasteiger partial charge on any atom is 0.0632 e. The van der Waals surface area contributed by atoms with E-state index in [-0.39, 0.29) is 0 Å². The van der Waals surface area contributed by atoms with Gasteiger partial charge in [0.2, 0.25) is 0 Å². The summed E-state index contributed by atoms with van der Waals surface area (Å²) in [5.74, 6) is 0. The third kappa shape index (κ3) is 1.31. The van der Waals surface area contributed by atoms with Crippen LogP contribution in [0.5, 0.6) is 0 Å². The minimum atomic E-state index is 0.557. The van der Waals surface area contributed by atoms with Crippen LogP contribution >= 0.6 is 0 Å². The number of fused-ring (bicyclic) bond motifs is 2. The van der Waals surface area contributed by atoms with E-state index in [1.54, 1.807) is 0 Å². The van der Waals surface area contributed by atoms with Crippen molar-refractivity contribution in [1.29, 1.82) is 0 Å². The molecule has 2 fully saturated rings. The van der Waals surface area contributed by atoms with E-state index in [9.17, 15) is 0 Å². The lowest BCUT2D eigenvalue weighted by atomic mass is 10.2. The lowest BCUT2D eigenvalue weighted by Crippen LogP contribution is -2.49. The number of hydrogen-bond donors (Lipinski definition) is 2. The van der Waals surface area contributed by atoms with E-state index in [1.807, 2.05) is 0 Å². The minimum absolute atomic E-state index is 0.557. The molecule has 0 aromatic heterocycles. The molecule has 2 saturated heterocycles. The third-order valence-corrected chi connectivity index (χ3v) is 2.17. The summed E-state index contributed by atoms with van der Waals surface area (Å²) in [6.07, 6.45) is 1.20. The van der Waals surface area contributed by atoms with Crippen molar-refractivity contribution in [1.82, 2.24) is 10.6 Å². The second-order valence-corrected chi connectivity index (χ2v) is 3.09. The molecule has 0 amide bonds. The Kier molecular flexibility index (Phi) is 1.88. The zero-order chi connectivity index (χ0) is 6.81. The molecule has 2 atom stereocenters. The molecule has 0 saturated carbocycles. The van der Waals surface area contributed by atoms with E-state index in [0.717, 1.165) is 26.3 Å². The highest BCUT2D eigenvalue weighted by Crippen LogP contribution is 2.04. The highest BCUT2D eigenvalue weighted by atomic mass is 16.5. The summed E-state index contributed by atoms with van der Waals surface area (Å²) in [6, 6.07) is 1.16. The van der Waals surface area contributed by atoms with E-state index >= 15 is 0 Å². The molecule has 0 spiro atoms. The summed E-state index contributed by atoms with van der Waals surface area (Å²) >= 11 is 0. The Hall–Kier alpha value is -0.120. The monoisotopic (exact) mass is 142 g/mol. The van der Waals surface area contributed by atoms with Gasteiger partial charge >= 0.3 is 0 Å². The Balaban J connectivity index is 1.96. The van der Waals surface area contributed by atoms with Crippen LogP contribution in [0.1, 0.15) is 6.42 Å². The first kappa shape index (κ1) is 6.58. The molecule has 3 nitrogen and oxygen atoms in total. The molecule has 10 heavy (non-hydrogen) atoms. The fraction of sp³-hybridized carbons (Fsp3) is 1.00. The molecule has 2 rings (SSSR count). The zero-order valence-corrected chi connectivity index (χ0v) is 6.10. The van der Waals surface area contributed by atoms with Gasteiger partial charge in [-0.1, -0.05) is 0 Å². The van der Waals surface area contributed by atoms with Gasteiger partial charge in [0.1, 0.15) is 0 Å². The van der Waals surface area contributed by atoms with Gasteiger partial charge in [-0.2, -0.15) is 0 Å². The smallest absolute Gasteiger partial charge is 0.0632 e. The first-order valence-corrected chi connectivity index (χ1v) is 3.99. The van der Waals surface area contributed by atoms with Gasteiger partial charge in [-0.3, -0.25) is 0 Å². The molecule has 0 aromatic rings. The van der Waals surface area contributed by atoms with Crippen molar-refractivity contribution in [2.75, 3.05) is 26.3 Å². The Morgan fingerprint density at radius 3 is 3.10 bits per heavy atom. The molecule has 2 unspecified atom stereocenters. The van der Waals surface area contributed by atoms with Crippen LogP contribution in [-0.4, -0.2) is 38.4 Å². The molecule has 3 heteroatoms. The molecule has 2 N–H and O–H groups in total. The van der Waals surface area contributed by atoms with E-state index in [4.69, 9.17) is 4.74 Å². The van der Waals surface area contributed by atoms with Gasteiger partial charge in [-0.15, -0.1) is 0 Å². The zero-order valence-electron chi connectivity index (χ0n) is 6.10. The summed E-state index contributed by atoms with van der Waals surface area (Å²) in [7, 11) is 0. The summed E-state index contributed by atoms with van der Waals surface area (Å²) in [5, 5.41) is 6.90. The Labute approximate surface area is 61.1 Å². The van der Waals surface area contributed by atoms with Gasteiger partial charge in [-0.25, -0.2) is 0 Å². The van der Waals surface area contributed by atoms with Crippen LogP contribution in [0.25, 0.3) is 0 Å². The van der Waals surface area contributed by atoms with Crippen molar-refractivity contribution < 1.29 is 4.74 Å². The Bertz CT molecular complexity index is 106. The topological polar surface area (TPSA) is 33.3 Å². The molecule has 2 heterocycles. The molecule has 58 valence electrons. The van der Waals surface area contributed by atoms with Crippen molar-refractivity contribution in [2.24, 2.45) is 0 Å². The minimum Gasteiger partial charge on any atom is -0.378 e. The van der Waals surface area contributed by atoms with Crippen molar-refractivity contribution in [3.8, 4) is 0 Å². The van der Waals surface area contributed by atoms with Crippen LogP contribution < -0.4 is 10.6 Å². The van der Waals surface area contributed by atoms with Gasteiger partial charge < -0.3 is 15.4 Å². The van der Waals surface area contributed by atoms with Crippen LogP contribution in [0.15, 0.2) is 0 Å². The summed E-state index contributed by atoms with van der Waals surface area (Å²) in [6.45, 7) is 3.98. The van der Waals surface area contributed by atoms with E-state index in [1.165, 1.54) is 6.42 Å². The molecule has 0 aliphatic carbocycles. The molecular formula is C7H14N2O. The molecule has 2 aliphatic rings. The summed E-state index contributed by atoms with van der Waals surface area (Å²) in [5.41, 5.74) is 0. The number of morpholine rings is 1. The molecule has 0 aromatic carbocycles. The van der Waals surface area contributed by atoms with E-state index in [0.29, 0.717) is 12.1 Å². The van der Waals surface area contributed by atoms with Crippen molar-refractivity contribution >= 4 is 0 Å². The van der Waals surface area contributed by atoms with Gasteiger partial charge in [0.25, 0.3) is 0 Å². The Morgan fingerprint density at radius 2 is 2.10 bits per heavy atom. The number of hydrogen-bond acceptors (Lipinski definition) is 3. The molecule has 2 bridgehead atoms. The van der Waals surface area contributed by atoms with E-state index in [2.05, 4.69) is 10.6 Å². The second-order valence-electron chi connectivity index (χ2n) is 3.09. The van der Waals surface area contributed by atoms with Crippen LogP contribution in [0.2, 0.25) is 0 Å². The average Bonchev–Trinajstić information content (AvgIpc) is 2.12. The fourth-order valence-electron chi connectivity index (χ4n) is 1.62. The predicted octanol–water partition coefficient (Wildman–Crippen LogP) is -0.663. The van der Waals surface area contributed by atoms with Crippen LogP contribution in [0, 0.1) is 0 Å². The second kappa shape index (κ2) is 2.86. The van der Waals surface area contributed by atoms with Crippen LogP contribution in [-0.2, 0) is 4.74 Å². The van der Waals surface area contributed by atoms with Gasteiger partial charge in [0.15, 0.2) is 0 Å². The maximum absolute atomic E-state index is 5.41. The standard InChI is InChI=1S/C7H14N2O/c1-2-8-3-7-5-10-4-6(1)9-7/h6-9H,1-5H2. The van der Waals surface area contributed by atoms with Gasteiger partial charge in [0.05, 0.1) is 13.2 Å². The highest BCUT2D eigenvalue weighted by molar-refractivity contribution is 4.83. The van der Waals surface area contributed by atoms with Crippen molar-refractivity contribution in [2.45, 2.75) is 18.5 Å². The third-order valence-electron chi connectivity index (χ3n) is 2.17. The molecule has 2 aliphatic heterocycles. The lowest BCUT2D eigenvalue weighted by molar-refractivity contribution is 0.0512. The molecular weight excluding hydrogens is 128 g/mol. The number of nitrogens with one attached hydrogen (secondary N) is 2. The van der Waals surface area contributed by atoms with Crippen molar-refractivity contribution in [3.63, 3.8) is 0 Å². The first-order valence-electron chi connectivity index (χ1n) is 3.99. The quantitative estimate of drug-likeness (QED) is 0.471. The van der Waals surface area contributed by atoms with Gasteiger partial charge in [-0.05, 0) is 13.0 Å². The SMILES string of the molecule is C1CC2COCC(CN1)N2.